The van der Waals surface area contributed by atoms with E-state index < -0.39 is 0 Å². The Hall–Kier alpha value is -1.57. The molecule has 1 aromatic carbocycles. The van der Waals surface area contributed by atoms with Crippen molar-refractivity contribution in [3.63, 3.8) is 0 Å². The van der Waals surface area contributed by atoms with Gasteiger partial charge in [0.2, 0.25) is 0 Å². The van der Waals surface area contributed by atoms with Gasteiger partial charge in [0.1, 0.15) is 11.9 Å². The van der Waals surface area contributed by atoms with Gasteiger partial charge in [-0.05, 0) is 38.3 Å². The Balaban J connectivity index is 1.85. The Morgan fingerprint density at radius 1 is 1.28 bits per heavy atom. The summed E-state index contributed by atoms with van der Waals surface area (Å²) in [6, 6.07) is 5.89. The smallest absolute Gasteiger partial charge is 0.170 e. The first-order valence-electron chi connectivity index (χ1n) is 6.69. The molecular weight excluding hydrogens is 224 g/mol. The fraction of sp³-hybridized carbons (Fsp3) is 0.438. The molecule has 2 atom stereocenters. The predicted octanol–water partition coefficient (Wildman–Crippen LogP) is 3.69. The highest BCUT2D eigenvalue weighted by Crippen LogP contribution is 2.34. The summed E-state index contributed by atoms with van der Waals surface area (Å²) in [7, 11) is 0. The second-order valence-electron chi connectivity index (χ2n) is 5.33. The third-order valence-corrected chi connectivity index (χ3v) is 3.94. The number of carbonyl (C=O) groups is 1. The molecule has 3 rings (SSSR count). The second-order valence-corrected chi connectivity index (χ2v) is 5.33. The topological polar surface area (TPSA) is 26.3 Å². The van der Waals surface area contributed by atoms with Gasteiger partial charge in [0.15, 0.2) is 5.78 Å². The molecule has 2 aliphatic rings. The maximum atomic E-state index is 12.2. The second kappa shape index (κ2) is 4.60. The van der Waals surface area contributed by atoms with Crippen LogP contribution in [0, 0.1) is 12.8 Å². The highest BCUT2D eigenvalue weighted by Gasteiger charge is 2.32. The number of hydrogen-bond donors (Lipinski definition) is 0. The molecular formula is C16H18O2. The fourth-order valence-corrected chi connectivity index (χ4v) is 2.88. The van der Waals surface area contributed by atoms with Crippen LogP contribution < -0.4 is 4.74 Å². The Morgan fingerprint density at radius 2 is 2.17 bits per heavy atom. The molecule has 0 bridgehead atoms. The monoisotopic (exact) mass is 242 g/mol. The van der Waals surface area contributed by atoms with Crippen molar-refractivity contribution in [3.8, 4) is 5.75 Å². The predicted molar refractivity (Wildman–Crippen MR) is 71.0 cm³/mol. The molecule has 0 saturated carbocycles. The van der Waals surface area contributed by atoms with Gasteiger partial charge in [0.25, 0.3) is 0 Å². The number of rotatable bonds is 1. The minimum Gasteiger partial charge on any atom is -0.489 e. The molecule has 94 valence electrons. The average Bonchev–Trinajstić information content (AvgIpc) is 2.40. The van der Waals surface area contributed by atoms with E-state index in [1.54, 1.807) is 0 Å². The number of aryl methyl sites for hydroxylation is 1. The van der Waals surface area contributed by atoms with E-state index in [4.69, 9.17) is 4.74 Å². The van der Waals surface area contributed by atoms with Gasteiger partial charge in [-0.25, -0.2) is 0 Å². The number of Topliss-reactive ketones (excluding diaryl/α,β-unsaturated/α-hetero) is 1. The summed E-state index contributed by atoms with van der Waals surface area (Å²) >= 11 is 0. The lowest BCUT2D eigenvalue weighted by Crippen LogP contribution is -2.34. The zero-order valence-electron chi connectivity index (χ0n) is 10.7. The average molecular weight is 242 g/mol. The number of fused-ring (bicyclic) bond motifs is 1. The largest absolute Gasteiger partial charge is 0.489 e. The van der Waals surface area contributed by atoms with Crippen LogP contribution in [0.2, 0.25) is 0 Å². The maximum absolute atomic E-state index is 12.2. The van der Waals surface area contributed by atoms with Gasteiger partial charge in [0.05, 0.1) is 5.56 Å². The van der Waals surface area contributed by atoms with Gasteiger partial charge in [-0.1, -0.05) is 23.8 Å². The van der Waals surface area contributed by atoms with Gasteiger partial charge in [-0.3, -0.25) is 4.79 Å². The van der Waals surface area contributed by atoms with Gasteiger partial charge >= 0.3 is 0 Å². The minimum absolute atomic E-state index is 0.0673. The third-order valence-electron chi connectivity index (χ3n) is 3.94. The molecule has 1 aliphatic heterocycles. The van der Waals surface area contributed by atoms with E-state index in [-0.39, 0.29) is 11.9 Å². The van der Waals surface area contributed by atoms with E-state index in [9.17, 15) is 4.79 Å². The van der Waals surface area contributed by atoms with Crippen molar-refractivity contribution in [2.45, 2.75) is 38.7 Å². The Morgan fingerprint density at radius 3 is 2.94 bits per heavy atom. The standard InChI is InChI=1S/C16H18O2/c1-11-7-8-15-13(9-11)14(17)10-16(18-15)12-5-3-2-4-6-12/h2-3,7-9,12,16H,4-6,10H2,1H3. The first kappa shape index (κ1) is 11.5. The first-order valence-corrected chi connectivity index (χ1v) is 6.69. The molecule has 0 saturated heterocycles. The number of ether oxygens (including phenoxy) is 1. The molecule has 2 unspecified atom stereocenters. The van der Waals surface area contributed by atoms with E-state index in [0.29, 0.717) is 12.3 Å². The molecule has 1 aromatic rings. The molecule has 0 spiro atoms. The van der Waals surface area contributed by atoms with Crippen LogP contribution in [0.15, 0.2) is 30.4 Å². The SMILES string of the molecule is Cc1ccc2c(c1)C(=O)CC(C1CC=CCC1)O2. The molecule has 1 aliphatic carbocycles. The highest BCUT2D eigenvalue weighted by atomic mass is 16.5. The van der Waals surface area contributed by atoms with E-state index >= 15 is 0 Å². The van der Waals surface area contributed by atoms with E-state index in [1.807, 2.05) is 25.1 Å². The van der Waals surface area contributed by atoms with Gasteiger partial charge in [-0.2, -0.15) is 0 Å². The molecule has 0 aromatic heterocycles. The summed E-state index contributed by atoms with van der Waals surface area (Å²) in [5.74, 6) is 1.50. The summed E-state index contributed by atoms with van der Waals surface area (Å²) in [5, 5.41) is 0. The van der Waals surface area contributed by atoms with Crippen LogP contribution in [0.4, 0.5) is 0 Å². The summed E-state index contributed by atoms with van der Waals surface area (Å²) in [6.07, 6.45) is 8.33. The van der Waals surface area contributed by atoms with Crippen molar-refractivity contribution < 1.29 is 9.53 Å². The Bertz CT molecular complexity index is 502. The number of benzene rings is 1. The van der Waals surface area contributed by atoms with Crippen molar-refractivity contribution >= 4 is 5.78 Å². The van der Waals surface area contributed by atoms with Crippen molar-refractivity contribution in [3.05, 3.63) is 41.5 Å². The van der Waals surface area contributed by atoms with Crippen molar-refractivity contribution in [1.29, 1.82) is 0 Å². The first-order chi connectivity index (χ1) is 8.74. The van der Waals surface area contributed by atoms with Crippen molar-refractivity contribution in [2.24, 2.45) is 5.92 Å². The van der Waals surface area contributed by atoms with Crippen LogP contribution >= 0.6 is 0 Å². The molecule has 0 N–H and O–H groups in total. The quantitative estimate of drug-likeness (QED) is 0.702. The molecule has 18 heavy (non-hydrogen) atoms. The lowest BCUT2D eigenvalue weighted by Gasteiger charge is -2.32. The van der Waals surface area contributed by atoms with Gasteiger partial charge in [-0.15, -0.1) is 0 Å². The highest BCUT2D eigenvalue weighted by molar-refractivity contribution is 6.00. The molecule has 0 radical (unpaired) electrons. The number of ketones is 1. The Labute approximate surface area is 108 Å². The van der Waals surface area contributed by atoms with Crippen LogP contribution in [0.5, 0.6) is 5.75 Å². The zero-order valence-corrected chi connectivity index (χ0v) is 10.7. The summed E-state index contributed by atoms with van der Waals surface area (Å²) in [5.41, 5.74) is 1.88. The maximum Gasteiger partial charge on any atom is 0.170 e. The fourth-order valence-electron chi connectivity index (χ4n) is 2.88. The van der Waals surface area contributed by atoms with Gasteiger partial charge < -0.3 is 4.74 Å². The normalized spacial score (nSPS) is 26.6. The molecule has 2 heteroatoms. The molecule has 1 heterocycles. The molecule has 2 nitrogen and oxygen atoms in total. The lowest BCUT2D eigenvalue weighted by atomic mass is 9.84. The van der Waals surface area contributed by atoms with Gasteiger partial charge in [0, 0.05) is 12.3 Å². The Kier molecular flexibility index (Phi) is 2.94. The van der Waals surface area contributed by atoms with Crippen molar-refractivity contribution in [1.82, 2.24) is 0 Å². The number of carbonyl (C=O) groups excluding carboxylic acids is 1. The van der Waals surface area contributed by atoms with Crippen LogP contribution in [0.25, 0.3) is 0 Å². The van der Waals surface area contributed by atoms with Crippen LogP contribution in [0.1, 0.15) is 41.6 Å². The number of hydrogen-bond acceptors (Lipinski definition) is 2. The van der Waals surface area contributed by atoms with E-state index in [2.05, 4.69) is 12.2 Å². The summed E-state index contributed by atoms with van der Waals surface area (Å²) < 4.78 is 6.04. The number of allylic oxidation sites excluding steroid dienone is 2. The minimum atomic E-state index is 0.0673. The molecule has 0 amide bonds. The molecule has 0 fully saturated rings. The van der Waals surface area contributed by atoms with Crippen LogP contribution in [-0.4, -0.2) is 11.9 Å². The lowest BCUT2D eigenvalue weighted by molar-refractivity contribution is 0.0713. The van der Waals surface area contributed by atoms with E-state index in [1.165, 1.54) is 0 Å². The van der Waals surface area contributed by atoms with Crippen LogP contribution in [-0.2, 0) is 0 Å². The van der Waals surface area contributed by atoms with E-state index in [0.717, 1.165) is 36.1 Å². The summed E-state index contributed by atoms with van der Waals surface area (Å²) in [6.45, 7) is 2.01. The summed E-state index contributed by atoms with van der Waals surface area (Å²) in [4.78, 5) is 12.2. The van der Waals surface area contributed by atoms with Crippen molar-refractivity contribution in [2.75, 3.05) is 0 Å². The third kappa shape index (κ3) is 2.07. The zero-order chi connectivity index (χ0) is 12.5. The van der Waals surface area contributed by atoms with Crippen LogP contribution in [0.3, 0.4) is 0 Å².